The summed E-state index contributed by atoms with van der Waals surface area (Å²) in [5.74, 6) is 2.03. The lowest BCUT2D eigenvalue weighted by Gasteiger charge is -2.10. The van der Waals surface area contributed by atoms with E-state index in [1.807, 2.05) is 12.1 Å². The smallest absolute Gasteiger partial charge is 0.231 e. The zero-order valence-electron chi connectivity index (χ0n) is 18.1. The number of nitrogens with one attached hydrogen (secondary N) is 1. The maximum absolute atomic E-state index is 12.1. The highest BCUT2D eigenvalue weighted by atomic mass is 35.5. The number of ether oxygens (including phenoxy) is 3. The van der Waals surface area contributed by atoms with E-state index in [9.17, 15) is 4.79 Å². The molecule has 0 atom stereocenters. The largest absolute Gasteiger partial charge is 0.497 e. The zero-order chi connectivity index (χ0) is 23.2. The first kappa shape index (κ1) is 22.3. The Labute approximate surface area is 195 Å². The molecule has 0 aliphatic heterocycles. The second kappa shape index (κ2) is 10.2. The van der Waals surface area contributed by atoms with Gasteiger partial charge in [-0.15, -0.1) is 15.3 Å². The number of hydrogen-bond acceptors (Lipinski definition) is 7. The summed E-state index contributed by atoms with van der Waals surface area (Å²) in [6, 6.07) is 16.0. The molecule has 0 spiro atoms. The summed E-state index contributed by atoms with van der Waals surface area (Å²) in [6.07, 6.45) is 0.272. The van der Waals surface area contributed by atoms with Gasteiger partial charge in [-0.25, -0.2) is 0 Å². The molecule has 0 bridgehead atoms. The fourth-order valence-corrected chi connectivity index (χ4v) is 3.33. The summed E-state index contributed by atoms with van der Waals surface area (Å²) in [5, 5.41) is 16.4. The van der Waals surface area contributed by atoms with Gasteiger partial charge in [0, 0.05) is 11.1 Å². The molecule has 0 fully saturated rings. The minimum atomic E-state index is -0.101. The van der Waals surface area contributed by atoms with Gasteiger partial charge < -0.3 is 19.5 Å². The summed E-state index contributed by atoms with van der Waals surface area (Å²) in [5.41, 5.74) is 2.12. The van der Waals surface area contributed by atoms with Crippen LogP contribution in [-0.2, 0) is 11.2 Å². The molecule has 0 saturated heterocycles. The van der Waals surface area contributed by atoms with E-state index in [1.54, 1.807) is 61.2 Å². The lowest BCUT2D eigenvalue weighted by molar-refractivity contribution is -0.120. The number of rotatable bonds is 9. The van der Waals surface area contributed by atoms with Gasteiger partial charge in [0.25, 0.3) is 0 Å². The second-order valence-electron chi connectivity index (χ2n) is 7.03. The standard InChI is InChI=1S/C23H22ClN5O4/c1-31-17-7-8-19(32-2)18(14-17)23-27-26-20-9-10-22(28-29(20)23)33-12-11-25-21(30)13-15-3-5-16(24)6-4-15/h3-10,14H,11-13H2,1-2H3,(H,25,30). The van der Waals surface area contributed by atoms with Crippen LogP contribution < -0.4 is 19.5 Å². The molecule has 0 aliphatic rings. The number of halogens is 1. The van der Waals surface area contributed by atoms with Gasteiger partial charge in [0.1, 0.15) is 18.1 Å². The van der Waals surface area contributed by atoms with Crippen molar-refractivity contribution in [2.45, 2.75) is 6.42 Å². The predicted octanol–water partition coefficient (Wildman–Crippen LogP) is 3.20. The molecular formula is C23H22ClN5O4. The Morgan fingerprint density at radius 3 is 2.61 bits per heavy atom. The Bertz CT molecular complexity index is 1260. The minimum Gasteiger partial charge on any atom is -0.497 e. The summed E-state index contributed by atoms with van der Waals surface area (Å²) in [4.78, 5) is 12.1. The van der Waals surface area contributed by atoms with Crippen LogP contribution in [0.2, 0.25) is 5.02 Å². The lowest BCUT2D eigenvalue weighted by Crippen LogP contribution is -2.29. The van der Waals surface area contributed by atoms with Crippen LogP contribution in [0.25, 0.3) is 17.0 Å². The third-order valence-corrected chi connectivity index (χ3v) is 5.09. The highest BCUT2D eigenvalue weighted by Gasteiger charge is 2.16. The van der Waals surface area contributed by atoms with E-state index in [4.69, 9.17) is 25.8 Å². The Morgan fingerprint density at radius 2 is 1.85 bits per heavy atom. The van der Waals surface area contributed by atoms with Crippen LogP contribution in [0.4, 0.5) is 0 Å². The van der Waals surface area contributed by atoms with E-state index in [1.165, 1.54) is 0 Å². The normalized spacial score (nSPS) is 10.8. The molecule has 0 radical (unpaired) electrons. The molecule has 1 amide bonds. The van der Waals surface area contributed by atoms with Crippen molar-refractivity contribution >= 4 is 23.2 Å². The summed E-state index contributed by atoms with van der Waals surface area (Å²) in [7, 11) is 3.17. The molecule has 33 heavy (non-hydrogen) atoms. The summed E-state index contributed by atoms with van der Waals surface area (Å²) >= 11 is 5.87. The first-order chi connectivity index (χ1) is 16.1. The van der Waals surface area contributed by atoms with Crippen LogP contribution in [-0.4, -0.2) is 53.1 Å². The highest BCUT2D eigenvalue weighted by Crippen LogP contribution is 2.32. The molecule has 4 aromatic rings. The number of carbonyl (C=O) groups is 1. The van der Waals surface area contributed by atoms with Crippen LogP contribution in [0.15, 0.2) is 54.6 Å². The van der Waals surface area contributed by atoms with Gasteiger partial charge in [-0.3, -0.25) is 4.79 Å². The maximum atomic E-state index is 12.1. The molecule has 0 aliphatic carbocycles. The molecule has 2 heterocycles. The predicted molar refractivity (Wildman–Crippen MR) is 123 cm³/mol. The zero-order valence-corrected chi connectivity index (χ0v) is 18.9. The summed E-state index contributed by atoms with van der Waals surface area (Å²) < 4.78 is 18.1. The van der Waals surface area contributed by atoms with Gasteiger partial charge in [0.05, 0.1) is 32.7 Å². The van der Waals surface area contributed by atoms with E-state index >= 15 is 0 Å². The first-order valence-electron chi connectivity index (χ1n) is 10.2. The van der Waals surface area contributed by atoms with E-state index in [0.717, 1.165) is 5.56 Å². The third-order valence-electron chi connectivity index (χ3n) is 4.84. The average Bonchev–Trinajstić information content (AvgIpc) is 3.26. The van der Waals surface area contributed by atoms with Crippen molar-refractivity contribution in [1.29, 1.82) is 0 Å². The minimum absolute atomic E-state index is 0.101. The van der Waals surface area contributed by atoms with E-state index < -0.39 is 0 Å². The van der Waals surface area contributed by atoms with Gasteiger partial charge in [-0.2, -0.15) is 4.52 Å². The van der Waals surface area contributed by atoms with Crippen molar-refractivity contribution in [3.63, 3.8) is 0 Å². The second-order valence-corrected chi connectivity index (χ2v) is 7.47. The lowest BCUT2D eigenvalue weighted by atomic mass is 10.1. The van der Waals surface area contributed by atoms with E-state index in [0.29, 0.717) is 46.0 Å². The fourth-order valence-electron chi connectivity index (χ4n) is 3.20. The number of hydrogen-bond donors (Lipinski definition) is 1. The van der Waals surface area contributed by atoms with Crippen molar-refractivity contribution in [1.82, 2.24) is 25.1 Å². The molecule has 1 N–H and O–H groups in total. The van der Waals surface area contributed by atoms with Crippen LogP contribution in [0.5, 0.6) is 17.4 Å². The number of fused-ring (bicyclic) bond motifs is 1. The Morgan fingerprint density at radius 1 is 1.03 bits per heavy atom. The molecule has 0 unspecified atom stereocenters. The van der Waals surface area contributed by atoms with E-state index in [2.05, 4.69) is 20.6 Å². The Kier molecular flexibility index (Phi) is 6.89. The van der Waals surface area contributed by atoms with Crippen LogP contribution in [0, 0.1) is 0 Å². The van der Waals surface area contributed by atoms with Crippen molar-refractivity contribution in [2.75, 3.05) is 27.4 Å². The number of benzene rings is 2. The van der Waals surface area contributed by atoms with Gasteiger partial charge in [0.15, 0.2) is 11.5 Å². The van der Waals surface area contributed by atoms with Crippen molar-refractivity contribution < 1.29 is 19.0 Å². The van der Waals surface area contributed by atoms with Gasteiger partial charge in [-0.05, 0) is 42.0 Å². The van der Waals surface area contributed by atoms with Crippen LogP contribution in [0.1, 0.15) is 5.56 Å². The molecule has 2 aromatic heterocycles. The van der Waals surface area contributed by atoms with Gasteiger partial charge in [0.2, 0.25) is 11.8 Å². The number of methoxy groups -OCH3 is 2. The topological polar surface area (TPSA) is 99.9 Å². The van der Waals surface area contributed by atoms with Crippen LogP contribution >= 0.6 is 11.6 Å². The van der Waals surface area contributed by atoms with Crippen molar-refractivity contribution in [3.05, 3.63) is 65.2 Å². The number of amides is 1. The molecular weight excluding hydrogens is 446 g/mol. The molecule has 170 valence electrons. The number of nitrogens with zero attached hydrogens (tertiary/aromatic N) is 4. The fraction of sp³-hybridized carbons (Fsp3) is 0.217. The molecule has 10 heteroatoms. The molecule has 2 aromatic carbocycles. The molecule has 9 nitrogen and oxygen atoms in total. The van der Waals surface area contributed by atoms with Gasteiger partial charge >= 0.3 is 0 Å². The van der Waals surface area contributed by atoms with Gasteiger partial charge in [-0.1, -0.05) is 23.7 Å². The van der Waals surface area contributed by atoms with Crippen molar-refractivity contribution in [3.8, 4) is 28.8 Å². The summed E-state index contributed by atoms with van der Waals surface area (Å²) in [6.45, 7) is 0.593. The first-order valence-corrected chi connectivity index (χ1v) is 10.5. The van der Waals surface area contributed by atoms with E-state index in [-0.39, 0.29) is 18.9 Å². The van der Waals surface area contributed by atoms with Crippen molar-refractivity contribution in [2.24, 2.45) is 0 Å². The quantitative estimate of drug-likeness (QED) is 0.377. The average molecular weight is 468 g/mol. The molecule has 4 rings (SSSR count). The van der Waals surface area contributed by atoms with Crippen LogP contribution in [0.3, 0.4) is 0 Å². The SMILES string of the molecule is COc1ccc(OC)c(-c2nnc3ccc(OCCNC(=O)Cc4ccc(Cl)cc4)nn23)c1. The number of carbonyl (C=O) groups excluding carboxylic acids is 1. The Hall–Kier alpha value is -3.85. The number of aromatic nitrogens is 4. The molecule has 0 saturated carbocycles. The Balaban J connectivity index is 1.40. The monoisotopic (exact) mass is 467 g/mol. The highest BCUT2D eigenvalue weighted by molar-refractivity contribution is 6.30. The third kappa shape index (κ3) is 5.32. The maximum Gasteiger partial charge on any atom is 0.231 e.